The largest absolute Gasteiger partial charge is 0.373 e. The summed E-state index contributed by atoms with van der Waals surface area (Å²) < 4.78 is 6.00. The molecule has 2 heterocycles. The fourth-order valence-electron chi connectivity index (χ4n) is 3.41. The van der Waals surface area contributed by atoms with E-state index in [1.807, 2.05) is 35.2 Å². The molecule has 0 saturated carbocycles. The smallest absolute Gasteiger partial charge is 0.321 e. The maximum Gasteiger partial charge on any atom is 0.321 e. The van der Waals surface area contributed by atoms with Crippen molar-refractivity contribution in [3.8, 4) is 0 Å². The summed E-state index contributed by atoms with van der Waals surface area (Å²) in [5, 5.41) is 2.95. The zero-order valence-corrected chi connectivity index (χ0v) is 16.8. The molecular weight excluding hydrogens is 352 g/mol. The minimum absolute atomic E-state index is 0.0705. The molecule has 0 radical (unpaired) electrons. The Bertz CT molecular complexity index is 724. The van der Waals surface area contributed by atoms with Crippen molar-refractivity contribution < 1.29 is 9.53 Å². The van der Waals surface area contributed by atoms with Crippen molar-refractivity contribution in [1.82, 2.24) is 9.88 Å². The second-order valence-electron chi connectivity index (χ2n) is 6.99. The van der Waals surface area contributed by atoms with Gasteiger partial charge < -0.3 is 19.9 Å². The average molecular weight is 383 g/mol. The van der Waals surface area contributed by atoms with Gasteiger partial charge in [0.2, 0.25) is 0 Å². The van der Waals surface area contributed by atoms with Gasteiger partial charge in [-0.1, -0.05) is 30.3 Å². The van der Waals surface area contributed by atoms with Crippen molar-refractivity contribution in [3.63, 3.8) is 0 Å². The van der Waals surface area contributed by atoms with Gasteiger partial charge in [0.25, 0.3) is 0 Å². The molecule has 0 bridgehead atoms. The third-order valence-corrected chi connectivity index (χ3v) is 5.14. The fourth-order valence-corrected chi connectivity index (χ4v) is 3.41. The van der Waals surface area contributed by atoms with Crippen LogP contribution in [0.3, 0.4) is 0 Å². The highest BCUT2D eigenvalue weighted by molar-refractivity contribution is 5.89. The number of anilines is 2. The molecule has 28 heavy (non-hydrogen) atoms. The van der Waals surface area contributed by atoms with E-state index in [1.54, 1.807) is 6.20 Å². The predicted molar refractivity (Wildman–Crippen MR) is 113 cm³/mol. The molecule has 1 saturated heterocycles. The SMILES string of the molecule is CCN(CC)c1ccc(NC(=O)N2CCC(OCc3ccccc3)CC2)cn1. The lowest BCUT2D eigenvalue weighted by atomic mass is 10.1. The molecule has 1 aromatic heterocycles. The number of ether oxygens (including phenoxy) is 1. The van der Waals surface area contributed by atoms with E-state index >= 15 is 0 Å². The van der Waals surface area contributed by atoms with E-state index in [0.717, 1.165) is 37.4 Å². The van der Waals surface area contributed by atoms with E-state index in [-0.39, 0.29) is 12.1 Å². The highest BCUT2D eigenvalue weighted by Crippen LogP contribution is 2.18. The average Bonchev–Trinajstić information content (AvgIpc) is 2.75. The van der Waals surface area contributed by atoms with Crippen LogP contribution in [0.5, 0.6) is 0 Å². The van der Waals surface area contributed by atoms with Gasteiger partial charge in [0.1, 0.15) is 5.82 Å². The number of likely N-dealkylation sites (tertiary alicyclic amines) is 1. The van der Waals surface area contributed by atoms with Crippen LogP contribution >= 0.6 is 0 Å². The molecule has 1 fully saturated rings. The molecule has 2 aromatic rings. The van der Waals surface area contributed by atoms with E-state index in [4.69, 9.17) is 4.74 Å². The molecule has 2 amide bonds. The molecule has 1 aromatic carbocycles. The molecular formula is C22H30N4O2. The van der Waals surface area contributed by atoms with Gasteiger partial charge in [0.15, 0.2) is 0 Å². The van der Waals surface area contributed by atoms with Gasteiger partial charge in [-0.3, -0.25) is 0 Å². The number of pyridine rings is 1. The van der Waals surface area contributed by atoms with Crippen LogP contribution in [0.4, 0.5) is 16.3 Å². The van der Waals surface area contributed by atoms with Crippen LogP contribution in [-0.2, 0) is 11.3 Å². The van der Waals surface area contributed by atoms with Crippen molar-refractivity contribution >= 4 is 17.5 Å². The topological polar surface area (TPSA) is 57.7 Å². The summed E-state index contributed by atoms with van der Waals surface area (Å²) in [4.78, 5) is 21.0. The summed E-state index contributed by atoms with van der Waals surface area (Å²) in [5.41, 5.74) is 1.91. The summed E-state index contributed by atoms with van der Waals surface area (Å²) in [6.45, 7) is 8.07. The Hall–Kier alpha value is -2.60. The van der Waals surface area contributed by atoms with Crippen molar-refractivity contribution in [2.75, 3.05) is 36.4 Å². The Morgan fingerprint density at radius 3 is 2.46 bits per heavy atom. The van der Waals surface area contributed by atoms with Crippen molar-refractivity contribution in [3.05, 3.63) is 54.2 Å². The first-order valence-corrected chi connectivity index (χ1v) is 10.1. The van der Waals surface area contributed by atoms with Gasteiger partial charge >= 0.3 is 6.03 Å². The fraction of sp³-hybridized carbons (Fsp3) is 0.455. The van der Waals surface area contributed by atoms with E-state index in [2.05, 4.69) is 41.2 Å². The normalized spacial score (nSPS) is 14.7. The lowest BCUT2D eigenvalue weighted by Gasteiger charge is -2.32. The molecule has 3 rings (SSSR count). The van der Waals surface area contributed by atoms with Crippen LogP contribution in [0.25, 0.3) is 0 Å². The molecule has 0 aliphatic carbocycles. The van der Waals surface area contributed by atoms with Crippen molar-refractivity contribution in [2.24, 2.45) is 0 Å². The van der Waals surface area contributed by atoms with Crippen molar-refractivity contribution in [2.45, 2.75) is 39.4 Å². The number of amides is 2. The molecule has 0 atom stereocenters. The molecule has 0 spiro atoms. The first-order chi connectivity index (χ1) is 13.7. The molecule has 6 nitrogen and oxygen atoms in total. The third kappa shape index (κ3) is 5.45. The highest BCUT2D eigenvalue weighted by atomic mass is 16.5. The van der Waals surface area contributed by atoms with Gasteiger partial charge in [-0.05, 0) is 44.4 Å². The van der Waals surface area contributed by atoms with Crippen LogP contribution in [0.15, 0.2) is 48.7 Å². The zero-order valence-electron chi connectivity index (χ0n) is 16.8. The lowest BCUT2D eigenvalue weighted by Crippen LogP contribution is -2.43. The number of urea groups is 1. The Morgan fingerprint density at radius 1 is 1.14 bits per heavy atom. The quantitative estimate of drug-likeness (QED) is 0.782. The number of carbonyl (C=O) groups excluding carboxylic acids is 1. The minimum atomic E-state index is -0.0705. The summed E-state index contributed by atoms with van der Waals surface area (Å²) in [5.74, 6) is 0.930. The molecule has 0 unspecified atom stereocenters. The Labute approximate surface area is 167 Å². The second-order valence-corrected chi connectivity index (χ2v) is 6.99. The standard InChI is InChI=1S/C22H30N4O2/c1-3-25(4-2)21-11-10-19(16-23-21)24-22(27)26-14-12-20(13-15-26)28-17-18-8-6-5-7-9-18/h5-11,16,20H,3-4,12-15,17H2,1-2H3,(H,24,27). The molecule has 6 heteroatoms. The summed E-state index contributed by atoms with van der Waals surface area (Å²) in [6, 6.07) is 14.0. The van der Waals surface area contributed by atoms with Crippen LogP contribution in [0, 0.1) is 0 Å². The number of benzene rings is 1. The Morgan fingerprint density at radius 2 is 1.86 bits per heavy atom. The highest BCUT2D eigenvalue weighted by Gasteiger charge is 2.23. The van der Waals surface area contributed by atoms with Crippen LogP contribution in [-0.4, -0.2) is 48.2 Å². The predicted octanol–water partition coefficient (Wildman–Crippen LogP) is 4.14. The Kier molecular flexibility index (Phi) is 7.25. The van der Waals surface area contributed by atoms with E-state index in [0.29, 0.717) is 19.7 Å². The lowest BCUT2D eigenvalue weighted by molar-refractivity contribution is 0.00540. The number of aromatic nitrogens is 1. The Balaban J connectivity index is 1.43. The van der Waals surface area contributed by atoms with Gasteiger partial charge in [0.05, 0.1) is 24.6 Å². The first-order valence-electron chi connectivity index (χ1n) is 10.1. The van der Waals surface area contributed by atoms with Gasteiger partial charge in [-0.15, -0.1) is 0 Å². The number of piperidine rings is 1. The molecule has 150 valence electrons. The summed E-state index contributed by atoms with van der Waals surface area (Å²) in [7, 11) is 0. The van der Waals surface area contributed by atoms with Crippen LogP contribution < -0.4 is 10.2 Å². The van der Waals surface area contributed by atoms with Crippen molar-refractivity contribution in [1.29, 1.82) is 0 Å². The zero-order chi connectivity index (χ0) is 19.8. The van der Waals surface area contributed by atoms with Gasteiger partial charge in [-0.2, -0.15) is 0 Å². The number of carbonyl (C=O) groups is 1. The van der Waals surface area contributed by atoms with Gasteiger partial charge in [0, 0.05) is 26.2 Å². The molecule has 1 N–H and O–H groups in total. The molecule has 1 aliphatic rings. The second kappa shape index (κ2) is 10.1. The number of hydrogen-bond acceptors (Lipinski definition) is 4. The molecule has 1 aliphatic heterocycles. The number of rotatable bonds is 7. The van der Waals surface area contributed by atoms with E-state index < -0.39 is 0 Å². The summed E-state index contributed by atoms with van der Waals surface area (Å²) >= 11 is 0. The summed E-state index contributed by atoms with van der Waals surface area (Å²) in [6.07, 6.45) is 3.65. The van der Waals surface area contributed by atoms with E-state index in [1.165, 1.54) is 5.56 Å². The van der Waals surface area contributed by atoms with E-state index in [9.17, 15) is 4.79 Å². The third-order valence-electron chi connectivity index (χ3n) is 5.14. The number of hydrogen-bond donors (Lipinski definition) is 1. The van der Waals surface area contributed by atoms with Crippen LogP contribution in [0.2, 0.25) is 0 Å². The maximum atomic E-state index is 12.5. The van der Waals surface area contributed by atoms with Gasteiger partial charge in [-0.25, -0.2) is 9.78 Å². The monoisotopic (exact) mass is 382 g/mol. The van der Waals surface area contributed by atoms with Crippen LogP contribution in [0.1, 0.15) is 32.3 Å². The first kappa shape index (κ1) is 20.1. The maximum absolute atomic E-state index is 12.5. The minimum Gasteiger partial charge on any atom is -0.373 e. The number of nitrogens with one attached hydrogen (secondary N) is 1. The number of nitrogens with zero attached hydrogens (tertiary/aromatic N) is 3.